The van der Waals surface area contributed by atoms with E-state index < -0.39 is 0 Å². The first-order valence-corrected chi connectivity index (χ1v) is 11.6. The van der Waals surface area contributed by atoms with Gasteiger partial charge in [-0.15, -0.1) is 0 Å². The molecule has 1 aliphatic rings. The van der Waals surface area contributed by atoms with E-state index in [1.807, 2.05) is 42.5 Å². The molecule has 0 unspecified atom stereocenters. The first-order chi connectivity index (χ1) is 15.1. The summed E-state index contributed by atoms with van der Waals surface area (Å²) < 4.78 is 15.0. The third-order valence-electron chi connectivity index (χ3n) is 4.90. The van der Waals surface area contributed by atoms with Crippen LogP contribution in [0.25, 0.3) is 0 Å². The summed E-state index contributed by atoms with van der Waals surface area (Å²) in [7, 11) is 0. The van der Waals surface area contributed by atoms with Crippen molar-refractivity contribution in [2.75, 3.05) is 47.0 Å². The molecule has 1 aromatic heterocycles. The van der Waals surface area contributed by atoms with Crippen LogP contribution in [0.1, 0.15) is 0 Å². The number of anilines is 3. The van der Waals surface area contributed by atoms with Gasteiger partial charge in [-0.1, -0.05) is 39.8 Å². The van der Waals surface area contributed by atoms with Crippen molar-refractivity contribution in [2.45, 2.75) is 5.03 Å². The standard InChI is InChI=1S/C22H21BrFN5OS/c23-16-5-7-17(8-6-16)27-21(30)14-31-22-13-20(25-15-26-22)29-11-9-28(10-12-29)19-4-2-1-3-18(19)24/h1-8,13,15H,9-12,14H2,(H,27,30). The van der Waals surface area contributed by atoms with Gasteiger partial charge in [0, 0.05) is 42.4 Å². The number of carbonyl (C=O) groups is 1. The number of nitrogens with one attached hydrogen (secondary N) is 1. The summed E-state index contributed by atoms with van der Waals surface area (Å²) in [6.45, 7) is 2.89. The minimum atomic E-state index is -0.196. The Balaban J connectivity index is 1.31. The maximum atomic E-state index is 14.0. The summed E-state index contributed by atoms with van der Waals surface area (Å²) in [6, 6.07) is 16.2. The fourth-order valence-corrected chi connectivity index (χ4v) is 4.26. The normalized spacial score (nSPS) is 13.9. The second-order valence-corrected chi connectivity index (χ2v) is 8.89. The van der Waals surface area contributed by atoms with Crippen molar-refractivity contribution in [3.05, 3.63) is 71.2 Å². The highest BCUT2D eigenvalue weighted by atomic mass is 79.9. The maximum absolute atomic E-state index is 14.0. The molecule has 3 aromatic rings. The van der Waals surface area contributed by atoms with Crippen molar-refractivity contribution in [3.63, 3.8) is 0 Å². The lowest BCUT2D eigenvalue weighted by atomic mass is 10.2. The molecule has 0 spiro atoms. The summed E-state index contributed by atoms with van der Waals surface area (Å²) in [5.41, 5.74) is 1.39. The SMILES string of the molecule is O=C(CSc1cc(N2CCN(c3ccccc3F)CC2)ncn1)Nc1ccc(Br)cc1. The lowest BCUT2D eigenvalue weighted by molar-refractivity contribution is -0.113. The number of halogens is 2. The largest absolute Gasteiger partial charge is 0.366 e. The number of aromatic nitrogens is 2. The van der Waals surface area contributed by atoms with Crippen molar-refractivity contribution in [1.82, 2.24) is 9.97 Å². The quantitative estimate of drug-likeness (QED) is 0.398. The molecule has 0 atom stereocenters. The molecule has 1 N–H and O–H groups in total. The number of nitrogens with zero attached hydrogens (tertiary/aromatic N) is 4. The van der Waals surface area contributed by atoms with Gasteiger partial charge < -0.3 is 15.1 Å². The fourth-order valence-electron chi connectivity index (χ4n) is 3.34. The van der Waals surface area contributed by atoms with Crippen LogP contribution in [0.2, 0.25) is 0 Å². The lowest BCUT2D eigenvalue weighted by Crippen LogP contribution is -2.47. The summed E-state index contributed by atoms with van der Waals surface area (Å²) in [5, 5.41) is 3.61. The number of hydrogen-bond acceptors (Lipinski definition) is 6. The lowest BCUT2D eigenvalue weighted by Gasteiger charge is -2.36. The van der Waals surface area contributed by atoms with E-state index >= 15 is 0 Å². The van der Waals surface area contributed by atoms with Crippen LogP contribution in [-0.4, -0.2) is 47.8 Å². The van der Waals surface area contributed by atoms with Crippen molar-refractivity contribution >= 4 is 50.8 Å². The number of carbonyl (C=O) groups excluding carboxylic acids is 1. The average Bonchev–Trinajstić information content (AvgIpc) is 2.80. The van der Waals surface area contributed by atoms with Crippen LogP contribution >= 0.6 is 27.7 Å². The number of rotatable bonds is 6. The van der Waals surface area contributed by atoms with Gasteiger partial charge in [0.1, 0.15) is 23.0 Å². The Labute approximate surface area is 193 Å². The first kappa shape index (κ1) is 21.6. The van der Waals surface area contributed by atoms with Crippen molar-refractivity contribution in [2.24, 2.45) is 0 Å². The van der Waals surface area contributed by atoms with Crippen LogP contribution in [0.3, 0.4) is 0 Å². The van der Waals surface area contributed by atoms with Gasteiger partial charge in [0.05, 0.1) is 11.4 Å². The molecule has 9 heteroatoms. The van der Waals surface area contributed by atoms with Crippen LogP contribution in [0.15, 0.2) is 70.4 Å². The molecule has 4 rings (SSSR count). The van der Waals surface area contributed by atoms with Crippen LogP contribution in [-0.2, 0) is 4.79 Å². The van der Waals surface area contributed by atoms with Gasteiger partial charge in [0.25, 0.3) is 0 Å². The van der Waals surface area contributed by atoms with Crippen molar-refractivity contribution in [1.29, 1.82) is 0 Å². The number of amides is 1. The van der Waals surface area contributed by atoms with Gasteiger partial charge >= 0.3 is 0 Å². The summed E-state index contributed by atoms with van der Waals surface area (Å²) in [6.07, 6.45) is 1.52. The molecule has 160 valence electrons. The van der Waals surface area contributed by atoms with E-state index in [4.69, 9.17) is 0 Å². The Bertz CT molecular complexity index is 1040. The highest BCUT2D eigenvalue weighted by Crippen LogP contribution is 2.24. The van der Waals surface area contributed by atoms with E-state index in [1.54, 1.807) is 6.07 Å². The molecule has 2 aromatic carbocycles. The summed E-state index contributed by atoms with van der Waals surface area (Å²) >= 11 is 4.75. The molecule has 1 aliphatic heterocycles. The molecular formula is C22H21BrFN5OS. The van der Waals surface area contributed by atoms with Gasteiger partial charge in [0.15, 0.2) is 0 Å². The second-order valence-electron chi connectivity index (χ2n) is 6.98. The Morgan fingerprint density at radius 3 is 2.48 bits per heavy atom. The van der Waals surface area contributed by atoms with Crippen LogP contribution in [0, 0.1) is 5.82 Å². The van der Waals surface area contributed by atoms with Gasteiger partial charge in [0.2, 0.25) is 5.91 Å². The predicted molar refractivity (Wildman–Crippen MR) is 126 cm³/mol. The Hall–Kier alpha value is -2.65. The van der Waals surface area contributed by atoms with Gasteiger partial charge in [-0.2, -0.15) is 0 Å². The molecular weight excluding hydrogens is 481 g/mol. The van der Waals surface area contributed by atoms with E-state index in [1.165, 1.54) is 24.2 Å². The van der Waals surface area contributed by atoms with E-state index in [0.29, 0.717) is 18.8 Å². The number of para-hydroxylation sites is 1. The zero-order chi connectivity index (χ0) is 21.6. The predicted octanol–water partition coefficient (Wildman–Crippen LogP) is 4.44. The fraction of sp³-hybridized carbons (Fsp3) is 0.227. The number of thioether (sulfide) groups is 1. The molecule has 31 heavy (non-hydrogen) atoms. The molecule has 2 heterocycles. The second kappa shape index (κ2) is 10.1. The van der Waals surface area contributed by atoms with Crippen LogP contribution < -0.4 is 15.1 Å². The molecule has 1 saturated heterocycles. The highest BCUT2D eigenvalue weighted by molar-refractivity contribution is 9.10. The first-order valence-electron chi connectivity index (χ1n) is 9.83. The number of hydrogen-bond donors (Lipinski definition) is 1. The summed E-state index contributed by atoms with van der Waals surface area (Å²) in [4.78, 5) is 25.1. The molecule has 0 radical (unpaired) electrons. The van der Waals surface area contributed by atoms with Crippen molar-refractivity contribution < 1.29 is 9.18 Å². The molecule has 0 saturated carbocycles. The highest BCUT2D eigenvalue weighted by Gasteiger charge is 2.20. The monoisotopic (exact) mass is 501 g/mol. The molecule has 1 fully saturated rings. The maximum Gasteiger partial charge on any atom is 0.234 e. The van der Waals surface area contributed by atoms with Gasteiger partial charge in [-0.25, -0.2) is 14.4 Å². The van der Waals surface area contributed by atoms with E-state index in [-0.39, 0.29) is 17.5 Å². The smallest absolute Gasteiger partial charge is 0.234 e. The molecule has 1 amide bonds. The average molecular weight is 502 g/mol. The van der Waals surface area contributed by atoms with E-state index in [2.05, 4.69) is 41.0 Å². The third kappa shape index (κ3) is 5.74. The van der Waals surface area contributed by atoms with Gasteiger partial charge in [-0.3, -0.25) is 4.79 Å². The van der Waals surface area contributed by atoms with E-state index in [9.17, 15) is 9.18 Å². The Kier molecular flexibility index (Phi) is 7.03. The Morgan fingerprint density at radius 1 is 1.03 bits per heavy atom. The Morgan fingerprint density at radius 2 is 1.74 bits per heavy atom. The minimum Gasteiger partial charge on any atom is -0.366 e. The topological polar surface area (TPSA) is 61.4 Å². The van der Waals surface area contributed by atoms with Crippen molar-refractivity contribution in [3.8, 4) is 0 Å². The van der Waals surface area contributed by atoms with Crippen LogP contribution in [0.5, 0.6) is 0 Å². The number of piperazine rings is 1. The summed E-state index contributed by atoms with van der Waals surface area (Å²) in [5.74, 6) is 0.788. The molecule has 0 aliphatic carbocycles. The number of benzene rings is 2. The van der Waals surface area contributed by atoms with Gasteiger partial charge in [-0.05, 0) is 36.4 Å². The minimum absolute atomic E-state index is 0.0917. The zero-order valence-electron chi connectivity index (χ0n) is 16.7. The molecule has 0 bridgehead atoms. The van der Waals surface area contributed by atoms with Crippen LogP contribution in [0.4, 0.5) is 21.6 Å². The van der Waals surface area contributed by atoms with E-state index in [0.717, 1.165) is 34.1 Å². The molecule has 6 nitrogen and oxygen atoms in total. The third-order valence-corrected chi connectivity index (χ3v) is 6.36. The zero-order valence-corrected chi connectivity index (χ0v) is 19.1.